The first-order valence-corrected chi connectivity index (χ1v) is 6.98. The predicted molar refractivity (Wildman–Crippen MR) is 70.1 cm³/mol. The Labute approximate surface area is 109 Å². The molecule has 1 fully saturated rings. The number of carboxylic acids is 1. The number of rotatable bonds is 5. The molecule has 1 rings (SSSR count). The van der Waals surface area contributed by atoms with Gasteiger partial charge in [0.05, 0.1) is 5.92 Å². The van der Waals surface area contributed by atoms with Gasteiger partial charge in [0.2, 0.25) is 5.91 Å². The molecular weight excluding hydrogens is 230 g/mol. The molecule has 2 unspecified atom stereocenters. The Balaban J connectivity index is 2.39. The third kappa shape index (κ3) is 4.00. The summed E-state index contributed by atoms with van der Waals surface area (Å²) in [5, 5.41) is 11.9. The molecule has 0 radical (unpaired) electrons. The summed E-state index contributed by atoms with van der Waals surface area (Å²) in [5.41, 5.74) is 0. The maximum Gasteiger partial charge on any atom is 0.307 e. The lowest BCUT2D eigenvalue weighted by Gasteiger charge is -2.29. The van der Waals surface area contributed by atoms with Crippen LogP contribution in [0.15, 0.2) is 0 Å². The van der Waals surface area contributed by atoms with Crippen molar-refractivity contribution in [1.29, 1.82) is 0 Å². The number of hydrogen-bond acceptors (Lipinski definition) is 2. The smallest absolute Gasteiger partial charge is 0.307 e. The Morgan fingerprint density at radius 3 is 2.17 bits per heavy atom. The van der Waals surface area contributed by atoms with E-state index in [1.165, 1.54) is 19.3 Å². The van der Waals surface area contributed by atoms with Gasteiger partial charge in [-0.15, -0.1) is 0 Å². The highest BCUT2D eigenvalue weighted by Gasteiger charge is 2.28. The number of carbonyl (C=O) groups excluding carboxylic acids is 1. The summed E-state index contributed by atoms with van der Waals surface area (Å²) in [6, 6.07) is 0.240. The summed E-state index contributed by atoms with van der Waals surface area (Å²) in [7, 11) is 0. The highest BCUT2D eigenvalue weighted by atomic mass is 16.4. The molecule has 0 saturated heterocycles. The van der Waals surface area contributed by atoms with Crippen molar-refractivity contribution in [3.63, 3.8) is 0 Å². The fourth-order valence-electron chi connectivity index (χ4n) is 2.49. The van der Waals surface area contributed by atoms with Crippen LogP contribution in [0, 0.1) is 17.8 Å². The van der Waals surface area contributed by atoms with Gasteiger partial charge in [0.25, 0.3) is 0 Å². The zero-order chi connectivity index (χ0) is 13.7. The van der Waals surface area contributed by atoms with Crippen LogP contribution in [0.1, 0.15) is 52.9 Å². The number of aliphatic carboxylic acids is 1. The van der Waals surface area contributed by atoms with Crippen LogP contribution in [-0.4, -0.2) is 23.0 Å². The Hall–Kier alpha value is -1.06. The second-order valence-electron chi connectivity index (χ2n) is 5.55. The van der Waals surface area contributed by atoms with Crippen LogP contribution in [0.5, 0.6) is 0 Å². The lowest BCUT2D eigenvalue weighted by atomic mass is 9.84. The molecule has 2 N–H and O–H groups in total. The van der Waals surface area contributed by atoms with Crippen molar-refractivity contribution in [2.75, 3.05) is 0 Å². The van der Waals surface area contributed by atoms with Crippen LogP contribution in [0.2, 0.25) is 0 Å². The summed E-state index contributed by atoms with van der Waals surface area (Å²) in [4.78, 5) is 22.8. The van der Waals surface area contributed by atoms with Crippen molar-refractivity contribution in [3.8, 4) is 0 Å². The minimum Gasteiger partial charge on any atom is -0.481 e. The lowest BCUT2D eigenvalue weighted by Crippen LogP contribution is -2.42. The normalized spacial score (nSPS) is 27.3. The van der Waals surface area contributed by atoms with E-state index in [1.54, 1.807) is 13.8 Å². The van der Waals surface area contributed by atoms with Gasteiger partial charge in [0.15, 0.2) is 0 Å². The van der Waals surface area contributed by atoms with Gasteiger partial charge < -0.3 is 10.4 Å². The molecular formula is C14H25NO3. The van der Waals surface area contributed by atoms with Gasteiger partial charge >= 0.3 is 5.97 Å². The van der Waals surface area contributed by atoms with Crippen LogP contribution in [0.25, 0.3) is 0 Å². The van der Waals surface area contributed by atoms with Crippen LogP contribution >= 0.6 is 0 Å². The standard InChI is InChI=1S/C14H25NO3/c1-4-11-5-7-12(8-6-11)15-13(16)9(2)10(3)14(17)18/h9-12H,4-8H2,1-3H3,(H,15,16)(H,17,18). The van der Waals surface area contributed by atoms with Gasteiger partial charge in [-0.1, -0.05) is 27.2 Å². The van der Waals surface area contributed by atoms with Gasteiger partial charge in [-0.25, -0.2) is 0 Å². The third-order valence-corrected chi connectivity index (χ3v) is 4.32. The molecule has 18 heavy (non-hydrogen) atoms. The molecule has 0 aromatic rings. The van der Waals surface area contributed by atoms with E-state index < -0.39 is 17.8 Å². The molecule has 0 aromatic carbocycles. The fraction of sp³-hybridized carbons (Fsp3) is 0.857. The van der Waals surface area contributed by atoms with Crippen LogP contribution in [0.4, 0.5) is 0 Å². The molecule has 0 aromatic heterocycles. The number of carboxylic acid groups (broad SMARTS) is 1. The largest absolute Gasteiger partial charge is 0.481 e. The summed E-state index contributed by atoms with van der Waals surface area (Å²) in [6.45, 7) is 5.48. The van der Waals surface area contributed by atoms with E-state index in [4.69, 9.17) is 5.11 Å². The minimum absolute atomic E-state index is 0.121. The number of hydrogen-bond donors (Lipinski definition) is 2. The molecule has 1 aliphatic rings. The highest BCUT2D eigenvalue weighted by molar-refractivity contribution is 5.84. The zero-order valence-electron chi connectivity index (χ0n) is 11.6. The first-order chi connectivity index (χ1) is 8.45. The molecule has 1 saturated carbocycles. The average Bonchev–Trinajstić information content (AvgIpc) is 2.37. The maximum atomic E-state index is 11.9. The topological polar surface area (TPSA) is 66.4 Å². The highest BCUT2D eigenvalue weighted by Crippen LogP contribution is 2.26. The Morgan fingerprint density at radius 1 is 1.17 bits per heavy atom. The Bertz CT molecular complexity index is 295. The van der Waals surface area contributed by atoms with E-state index in [-0.39, 0.29) is 11.9 Å². The van der Waals surface area contributed by atoms with Crippen LogP contribution in [0.3, 0.4) is 0 Å². The molecule has 0 spiro atoms. The average molecular weight is 255 g/mol. The number of amides is 1. The SMILES string of the molecule is CCC1CCC(NC(=O)C(C)C(C)C(=O)O)CC1. The van der Waals surface area contributed by atoms with E-state index in [0.717, 1.165) is 18.8 Å². The number of carbonyl (C=O) groups is 2. The molecule has 0 bridgehead atoms. The molecule has 4 heteroatoms. The van der Waals surface area contributed by atoms with E-state index in [0.29, 0.717) is 0 Å². The van der Waals surface area contributed by atoms with E-state index >= 15 is 0 Å². The molecule has 104 valence electrons. The van der Waals surface area contributed by atoms with Crippen molar-refractivity contribution >= 4 is 11.9 Å². The Morgan fingerprint density at radius 2 is 1.72 bits per heavy atom. The molecule has 1 aliphatic carbocycles. The van der Waals surface area contributed by atoms with E-state index in [9.17, 15) is 9.59 Å². The molecule has 0 heterocycles. The minimum atomic E-state index is -0.910. The number of nitrogens with one attached hydrogen (secondary N) is 1. The van der Waals surface area contributed by atoms with Gasteiger partial charge in [-0.05, 0) is 31.6 Å². The van der Waals surface area contributed by atoms with Gasteiger partial charge in [-0.3, -0.25) is 9.59 Å². The Kier molecular flexibility index (Phi) is 5.63. The summed E-state index contributed by atoms with van der Waals surface area (Å²) in [6.07, 6.45) is 5.61. The first kappa shape index (κ1) is 15.0. The van der Waals surface area contributed by atoms with Crippen molar-refractivity contribution < 1.29 is 14.7 Å². The summed E-state index contributed by atoms with van der Waals surface area (Å²) in [5.74, 6) is -1.32. The predicted octanol–water partition coefficient (Wildman–Crippen LogP) is 2.43. The molecule has 0 aliphatic heterocycles. The van der Waals surface area contributed by atoms with E-state index in [1.807, 2.05) is 0 Å². The van der Waals surface area contributed by atoms with Gasteiger partial charge in [0, 0.05) is 12.0 Å². The van der Waals surface area contributed by atoms with E-state index in [2.05, 4.69) is 12.2 Å². The summed E-state index contributed by atoms with van der Waals surface area (Å²) >= 11 is 0. The van der Waals surface area contributed by atoms with Crippen molar-refractivity contribution in [2.24, 2.45) is 17.8 Å². The maximum absolute atomic E-state index is 11.9. The van der Waals surface area contributed by atoms with Crippen molar-refractivity contribution in [3.05, 3.63) is 0 Å². The quantitative estimate of drug-likeness (QED) is 0.793. The van der Waals surface area contributed by atoms with Crippen molar-refractivity contribution in [2.45, 2.75) is 58.9 Å². The fourth-order valence-corrected chi connectivity index (χ4v) is 2.49. The summed E-state index contributed by atoms with van der Waals surface area (Å²) < 4.78 is 0. The molecule has 4 nitrogen and oxygen atoms in total. The van der Waals surface area contributed by atoms with Crippen molar-refractivity contribution in [1.82, 2.24) is 5.32 Å². The monoisotopic (exact) mass is 255 g/mol. The third-order valence-electron chi connectivity index (χ3n) is 4.32. The van der Waals surface area contributed by atoms with Crippen LogP contribution < -0.4 is 5.32 Å². The molecule has 2 atom stereocenters. The second kappa shape index (κ2) is 6.76. The second-order valence-corrected chi connectivity index (χ2v) is 5.55. The van der Waals surface area contributed by atoms with Gasteiger partial charge in [-0.2, -0.15) is 0 Å². The molecule has 1 amide bonds. The zero-order valence-corrected chi connectivity index (χ0v) is 11.6. The van der Waals surface area contributed by atoms with Gasteiger partial charge in [0.1, 0.15) is 0 Å². The van der Waals surface area contributed by atoms with Crippen LogP contribution in [-0.2, 0) is 9.59 Å². The lowest BCUT2D eigenvalue weighted by molar-refractivity contribution is -0.146. The first-order valence-electron chi connectivity index (χ1n) is 6.98.